The van der Waals surface area contributed by atoms with Crippen LogP contribution in [0.15, 0.2) is 11.1 Å². The van der Waals surface area contributed by atoms with Gasteiger partial charge in [0.05, 0.1) is 26.1 Å². The van der Waals surface area contributed by atoms with Crippen molar-refractivity contribution in [2.24, 2.45) is 0 Å². The number of H-pyrrole nitrogens is 1. The van der Waals surface area contributed by atoms with Crippen molar-refractivity contribution in [2.45, 2.75) is 45.9 Å². The highest BCUT2D eigenvalue weighted by Gasteiger charge is 2.27. The maximum atomic E-state index is 11.7. The Morgan fingerprint density at radius 1 is 1.48 bits per heavy atom. The third-order valence-corrected chi connectivity index (χ3v) is 3.62. The van der Waals surface area contributed by atoms with Crippen molar-refractivity contribution in [3.05, 3.63) is 22.5 Å². The SMILES string of the molecule is CC.CO[P+](=O)O.Cc1nc2c(ncn2[C@H]2CC[C@@H](CO)O2)c(=O)[nH]1. The molecular weight excluding hydrogens is 351 g/mol. The van der Waals surface area contributed by atoms with E-state index in [1.54, 1.807) is 17.8 Å². The van der Waals surface area contributed by atoms with Gasteiger partial charge in [-0.15, -0.1) is 9.42 Å². The number of aliphatic hydroxyl groups excluding tert-OH is 1. The number of aromatic nitrogens is 4. The van der Waals surface area contributed by atoms with E-state index in [2.05, 4.69) is 19.5 Å². The fourth-order valence-corrected chi connectivity index (χ4v) is 2.27. The summed E-state index contributed by atoms with van der Waals surface area (Å²) < 4.78 is 20.5. The van der Waals surface area contributed by atoms with Crippen LogP contribution in [0.5, 0.6) is 0 Å². The van der Waals surface area contributed by atoms with E-state index in [1.165, 1.54) is 7.11 Å². The number of aryl methyl sites for hydroxylation is 1. The molecule has 1 fully saturated rings. The number of aromatic amines is 1. The molecule has 1 aliphatic rings. The maximum absolute atomic E-state index is 11.7. The Bertz CT molecular complexity index is 746. The van der Waals surface area contributed by atoms with Gasteiger partial charge < -0.3 is 14.8 Å². The molecule has 10 nitrogen and oxygen atoms in total. The van der Waals surface area contributed by atoms with E-state index in [1.807, 2.05) is 13.8 Å². The highest BCUT2D eigenvalue weighted by Crippen LogP contribution is 2.29. The molecule has 11 heteroatoms. The Hall–Kier alpha value is -1.71. The predicted octanol–water partition coefficient (Wildman–Crippen LogP) is 1.41. The van der Waals surface area contributed by atoms with Crippen LogP contribution in [0.2, 0.25) is 0 Å². The van der Waals surface area contributed by atoms with E-state index in [4.69, 9.17) is 14.7 Å². The second kappa shape index (κ2) is 10.3. The first-order chi connectivity index (χ1) is 12.0. The first-order valence-electron chi connectivity index (χ1n) is 7.86. The van der Waals surface area contributed by atoms with E-state index in [0.29, 0.717) is 17.0 Å². The summed E-state index contributed by atoms with van der Waals surface area (Å²) in [5, 5.41) is 9.06. The monoisotopic (exact) mass is 375 g/mol. The number of nitrogens with zero attached hydrogens (tertiary/aromatic N) is 3. The molecule has 25 heavy (non-hydrogen) atoms. The molecule has 3 rings (SSSR count). The van der Waals surface area contributed by atoms with Crippen LogP contribution in [0.25, 0.3) is 11.2 Å². The molecule has 0 spiro atoms. The Morgan fingerprint density at radius 3 is 2.64 bits per heavy atom. The predicted molar refractivity (Wildman–Crippen MR) is 91.3 cm³/mol. The fourth-order valence-electron chi connectivity index (χ4n) is 2.27. The van der Waals surface area contributed by atoms with Gasteiger partial charge >= 0.3 is 8.25 Å². The first kappa shape index (κ1) is 21.3. The summed E-state index contributed by atoms with van der Waals surface area (Å²) in [7, 11) is -1.18. The molecule has 1 saturated heterocycles. The summed E-state index contributed by atoms with van der Waals surface area (Å²) in [5.74, 6) is 0.547. The molecule has 2 aromatic rings. The van der Waals surface area contributed by atoms with Crippen LogP contribution in [0.1, 0.15) is 38.7 Å². The van der Waals surface area contributed by atoms with Crippen LogP contribution in [-0.2, 0) is 13.8 Å². The van der Waals surface area contributed by atoms with E-state index in [-0.39, 0.29) is 24.5 Å². The lowest BCUT2D eigenvalue weighted by atomic mass is 10.2. The molecule has 0 radical (unpaired) electrons. The summed E-state index contributed by atoms with van der Waals surface area (Å²) in [5.41, 5.74) is 0.601. The zero-order valence-electron chi connectivity index (χ0n) is 14.7. The highest BCUT2D eigenvalue weighted by atomic mass is 31.1. The summed E-state index contributed by atoms with van der Waals surface area (Å²) in [6, 6.07) is 0. The molecule has 0 saturated carbocycles. The van der Waals surface area contributed by atoms with Gasteiger partial charge in [-0.05, 0) is 19.8 Å². The van der Waals surface area contributed by atoms with E-state index < -0.39 is 8.25 Å². The third kappa shape index (κ3) is 5.65. The van der Waals surface area contributed by atoms with Crippen molar-refractivity contribution < 1.29 is 23.8 Å². The molecule has 0 amide bonds. The number of ether oxygens (including phenoxy) is 1. The normalized spacial score (nSPS) is 19.7. The van der Waals surface area contributed by atoms with E-state index in [9.17, 15) is 9.36 Å². The number of fused-ring (bicyclic) bond motifs is 1. The Balaban J connectivity index is 0.000000388. The standard InChI is InChI=1S/C11H14N4O3.C2H6.CH3O3P/c1-6-13-10-9(11(17)14-6)12-5-15(10)8-3-2-7(4-16)18-8;1-2;1-4-5(2)3/h5,7-8,16H,2-4H2,1H3,(H,13,14,17);1-2H3;1H3/p+1/t7-,8+;;/m0../s1. The van der Waals surface area contributed by atoms with Gasteiger partial charge in [0, 0.05) is 4.57 Å². The molecule has 3 atom stereocenters. The van der Waals surface area contributed by atoms with Crippen LogP contribution < -0.4 is 5.56 Å². The average Bonchev–Trinajstić information content (AvgIpc) is 3.23. The van der Waals surface area contributed by atoms with Crippen LogP contribution in [0, 0.1) is 6.92 Å². The van der Waals surface area contributed by atoms with Crippen molar-refractivity contribution in [1.29, 1.82) is 0 Å². The lowest BCUT2D eigenvalue weighted by Gasteiger charge is -2.13. The number of aliphatic hydroxyl groups is 1. The number of nitrogens with one attached hydrogen (secondary N) is 1. The van der Waals surface area contributed by atoms with Gasteiger partial charge in [0.2, 0.25) is 0 Å². The minimum atomic E-state index is -2.35. The van der Waals surface area contributed by atoms with Gasteiger partial charge in [-0.25, -0.2) is 9.97 Å². The fraction of sp³-hybridized carbons (Fsp3) is 0.643. The lowest BCUT2D eigenvalue weighted by Crippen LogP contribution is -2.15. The third-order valence-electron chi connectivity index (χ3n) is 3.31. The van der Waals surface area contributed by atoms with E-state index >= 15 is 0 Å². The van der Waals surface area contributed by atoms with Crippen molar-refractivity contribution >= 4 is 19.4 Å². The molecule has 1 aliphatic heterocycles. The van der Waals surface area contributed by atoms with Gasteiger partial charge in [0.25, 0.3) is 5.56 Å². The quantitative estimate of drug-likeness (QED) is 0.684. The molecule has 2 aromatic heterocycles. The van der Waals surface area contributed by atoms with Gasteiger partial charge in [0.15, 0.2) is 11.2 Å². The second-order valence-electron chi connectivity index (χ2n) is 4.87. The summed E-state index contributed by atoms with van der Waals surface area (Å²) in [6.45, 7) is 5.74. The van der Waals surface area contributed by atoms with Crippen molar-refractivity contribution in [1.82, 2.24) is 19.5 Å². The minimum absolute atomic E-state index is 0.0101. The van der Waals surface area contributed by atoms with Gasteiger partial charge in [0.1, 0.15) is 12.1 Å². The summed E-state index contributed by atoms with van der Waals surface area (Å²) in [6.07, 6.45) is 2.79. The van der Waals surface area contributed by atoms with Crippen molar-refractivity contribution in [2.75, 3.05) is 13.7 Å². The van der Waals surface area contributed by atoms with E-state index in [0.717, 1.165) is 12.8 Å². The molecule has 3 N–H and O–H groups in total. The smallest absolute Gasteiger partial charge is 0.394 e. The van der Waals surface area contributed by atoms with Crippen LogP contribution in [0.4, 0.5) is 0 Å². The van der Waals surface area contributed by atoms with Crippen molar-refractivity contribution in [3.8, 4) is 0 Å². The number of imidazole rings is 1. The largest absolute Gasteiger partial charge is 0.694 e. The molecular formula is C14H24N4O6P+. The van der Waals surface area contributed by atoms with Gasteiger partial charge in [-0.2, -0.15) is 0 Å². The number of hydrogen-bond acceptors (Lipinski definition) is 7. The molecule has 0 bridgehead atoms. The highest BCUT2D eigenvalue weighted by molar-refractivity contribution is 7.32. The Morgan fingerprint density at radius 2 is 2.12 bits per heavy atom. The first-order valence-corrected chi connectivity index (χ1v) is 8.99. The van der Waals surface area contributed by atoms with Crippen molar-refractivity contribution in [3.63, 3.8) is 0 Å². The number of rotatable bonds is 3. The second-order valence-corrected chi connectivity index (χ2v) is 5.71. The molecule has 140 valence electrons. The lowest BCUT2D eigenvalue weighted by molar-refractivity contribution is -0.0207. The molecule has 0 aliphatic carbocycles. The van der Waals surface area contributed by atoms with Crippen LogP contribution >= 0.6 is 8.25 Å². The average molecular weight is 375 g/mol. The van der Waals surface area contributed by atoms with Gasteiger partial charge in [-0.3, -0.25) is 9.36 Å². The Kier molecular flexibility index (Phi) is 8.81. The zero-order chi connectivity index (χ0) is 19.0. The maximum Gasteiger partial charge on any atom is 0.694 e. The summed E-state index contributed by atoms with van der Waals surface area (Å²) >= 11 is 0. The Labute approximate surface area is 145 Å². The molecule has 0 aromatic carbocycles. The topological polar surface area (TPSA) is 140 Å². The molecule has 3 heterocycles. The summed E-state index contributed by atoms with van der Waals surface area (Å²) in [4.78, 5) is 30.3. The zero-order valence-corrected chi connectivity index (χ0v) is 15.6. The van der Waals surface area contributed by atoms with Gasteiger partial charge in [-0.1, -0.05) is 13.8 Å². The van der Waals surface area contributed by atoms with Crippen LogP contribution in [-0.4, -0.2) is 49.3 Å². The number of hydrogen-bond donors (Lipinski definition) is 3. The molecule has 1 unspecified atom stereocenters. The van der Waals surface area contributed by atoms with Crippen LogP contribution in [0.3, 0.4) is 0 Å². The minimum Gasteiger partial charge on any atom is -0.394 e.